The van der Waals surface area contributed by atoms with Gasteiger partial charge in [-0.1, -0.05) is 42.5 Å². The highest BCUT2D eigenvalue weighted by Crippen LogP contribution is 2.31. The number of nitrogens with zero attached hydrogens (tertiary/aromatic N) is 1. The van der Waals surface area contributed by atoms with Crippen LogP contribution in [0.3, 0.4) is 0 Å². The van der Waals surface area contributed by atoms with Crippen molar-refractivity contribution in [1.82, 2.24) is 4.90 Å². The summed E-state index contributed by atoms with van der Waals surface area (Å²) in [4.78, 5) is 26.8. The van der Waals surface area contributed by atoms with Crippen molar-refractivity contribution in [3.8, 4) is 16.9 Å². The molecule has 3 aromatic carbocycles. The van der Waals surface area contributed by atoms with Gasteiger partial charge in [-0.25, -0.2) is 4.79 Å². The molecule has 1 aliphatic rings. The maximum absolute atomic E-state index is 13.4. The van der Waals surface area contributed by atoms with Crippen molar-refractivity contribution in [2.75, 3.05) is 13.1 Å². The molecule has 1 unspecified atom stereocenters. The number of piperidine rings is 1. The number of likely N-dealkylation sites (tertiary alicyclic amines) is 1. The van der Waals surface area contributed by atoms with Crippen LogP contribution in [-0.4, -0.2) is 40.6 Å². The first-order chi connectivity index (χ1) is 16.6. The van der Waals surface area contributed by atoms with Crippen molar-refractivity contribution in [1.29, 1.82) is 0 Å². The predicted molar refractivity (Wildman–Crippen MR) is 138 cm³/mol. The Balaban J connectivity index is 1.51. The number of benzene rings is 3. The minimum atomic E-state index is -1.31. The predicted octanol–water partition coefficient (Wildman–Crippen LogP) is 6.23. The molecule has 5 nitrogen and oxygen atoms in total. The van der Waals surface area contributed by atoms with E-state index in [2.05, 4.69) is 32.0 Å². The number of ether oxygens (including phenoxy) is 1. The first-order valence-corrected chi connectivity index (χ1v) is 12.1. The molecule has 1 aliphatic heterocycles. The smallest absolute Gasteiger partial charge is 0.347 e. The Labute approximate surface area is 207 Å². The number of aryl methyl sites for hydroxylation is 2. The number of amides is 1. The molecular formula is C30H33NO4. The van der Waals surface area contributed by atoms with Gasteiger partial charge in [0.2, 0.25) is 0 Å². The quantitative estimate of drug-likeness (QED) is 0.463. The number of rotatable bonds is 6. The Morgan fingerprint density at radius 3 is 2.43 bits per heavy atom. The molecular weight excluding hydrogens is 438 g/mol. The van der Waals surface area contributed by atoms with Gasteiger partial charge in [0.15, 0.2) is 5.60 Å². The van der Waals surface area contributed by atoms with E-state index >= 15 is 0 Å². The standard InChI is InChI=1S/C30H33NO4/c1-20-13-14-24(16-21(20)2)22-8-5-10-25(17-22)28(32)31-15-7-11-26(19-31)23-9-6-12-27(18-23)35-30(3,4)29(33)34/h5-6,8-10,12-14,16-18,26H,7,11,15,19H2,1-4H3,(H,33,34). The summed E-state index contributed by atoms with van der Waals surface area (Å²) in [6.07, 6.45) is 1.89. The fourth-order valence-corrected chi connectivity index (χ4v) is 4.54. The van der Waals surface area contributed by atoms with Gasteiger partial charge in [0.05, 0.1) is 0 Å². The molecule has 4 rings (SSSR count). The Morgan fingerprint density at radius 1 is 0.943 bits per heavy atom. The topological polar surface area (TPSA) is 66.8 Å². The number of carboxylic acid groups (broad SMARTS) is 1. The Kier molecular flexibility index (Phi) is 6.97. The monoisotopic (exact) mass is 471 g/mol. The van der Waals surface area contributed by atoms with Crippen LogP contribution in [0.1, 0.15) is 59.7 Å². The van der Waals surface area contributed by atoms with E-state index in [1.54, 1.807) is 6.07 Å². The van der Waals surface area contributed by atoms with Crippen LogP contribution in [0, 0.1) is 13.8 Å². The minimum Gasteiger partial charge on any atom is -0.478 e. The molecule has 1 fully saturated rings. The second-order valence-electron chi connectivity index (χ2n) is 9.96. The molecule has 0 saturated carbocycles. The molecule has 0 bridgehead atoms. The Bertz CT molecular complexity index is 1250. The zero-order chi connectivity index (χ0) is 25.2. The Morgan fingerprint density at radius 2 is 1.69 bits per heavy atom. The molecule has 1 N–H and O–H groups in total. The highest BCUT2D eigenvalue weighted by Gasteiger charge is 2.30. The lowest BCUT2D eigenvalue weighted by molar-refractivity contribution is -0.152. The van der Waals surface area contributed by atoms with E-state index in [-0.39, 0.29) is 11.8 Å². The maximum Gasteiger partial charge on any atom is 0.347 e. The van der Waals surface area contributed by atoms with Crippen molar-refractivity contribution < 1.29 is 19.4 Å². The molecule has 1 saturated heterocycles. The average Bonchev–Trinajstić information content (AvgIpc) is 2.85. The molecule has 0 aliphatic carbocycles. The van der Waals surface area contributed by atoms with Crippen molar-refractivity contribution in [2.45, 2.75) is 52.1 Å². The van der Waals surface area contributed by atoms with Crippen LogP contribution in [0.15, 0.2) is 66.7 Å². The van der Waals surface area contributed by atoms with Crippen LogP contribution in [0.2, 0.25) is 0 Å². The SMILES string of the molecule is Cc1ccc(-c2cccc(C(=O)N3CCCC(c4cccc(OC(C)(C)C(=O)O)c4)C3)c2)cc1C. The second-order valence-corrected chi connectivity index (χ2v) is 9.96. The first kappa shape index (κ1) is 24.5. The molecule has 1 heterocycles. The maximum atomic E-state index is 13.4. The van der Waals surface area contributed by atoms with Crippen LogP contribution >= 0.6 is 0 Å². The number of aliphatic carboxylic acids is 1. The van der Waals surface area contributed by atoms with Gasteiger partial charge < -0.3 is 14.7 Å². The summed E-state index contributed by atoms with van der Waals surface area (Å²) in [7, 11) is 0. The largest absolute Gasteiger partial charge is 0.478 e. The lowest BCUT2D eigenvalue weighted by Crippen LogP contribution is -2.39. The average molecular weight is 472 g/mol. The molecule has 0 spiro atoms. The zero-order valence-corrected chi connectivity index (χ0v) is 20.9. The highest BCUT2D eigenvalue weighted by atomic mass is 16.5. The molecule has 5 heteroatoms. The molecule has 35 heavy (non-hydrogen) atoms. The van der Waals surface area contributed by atoms with Gasteiger partial charge in [-0.15, -0.1) is 0 Å². The number of carboxylic acids is 1. The van der Waals surface area contributed by atoms with Gasteiger partial charge in [-0.3, -0.25) is 4.79 Å². The van der Waals surface area contributed by atoms with E-state index in [0.717, 1.165) is 36.1 Å². The van der Waals surface area contributed by atoms with Crippen molar-refractivity contribution in [3.05, 3.63) is 89.0 Å². The molecule has 0 radical (unpaired) electrons. The lowest BCUT2D eigenvalue weighted by atomic mass is 9.90. The summed E-state index contributed by atoms with van der Waals surface area (Å²) in [5.74, 6) is -0.272. The normalized spacial score (nSPS) is 16.1. The van der Waals surface area contributed by atoms with E-state index in [4.69, 9.17) is 4.74 Å². The summed E-state index contributed by atoms with van der Waals surface area (Å²) in [5.41, 5.74) is 5.08. The van der Waals surface area contributed by atoms with Crippen molar-refractivity contribution >= 4 is 11.9 Å². The van der Waals surface area contributed by atoms with E-state index < -0.39 is 11.6 Å². The van der Waals surface area contributed by atoms with Gasteiger partial charge >= 0.3 is 5.97 Å². The summed E-state index contributed by atoms with van der Waals surface area (Å²) in [5, 5.41) is 9.37. The van der Waals surface area contributed by atoms with E-state index in [1.807, 2.05) is 47.4 Å². The van der Waals surface area contributed by atoms with Gasteiger partial charge in [0.25, 0.3) is 5.91 Å². The summed E-state index contributed by atoms with van der Waals surface area (Å²) >= 11 is 0. The fraction of sp³-hybridized carbons (Fsp3) is 0.333. The van der Waals surface area contributed by atoms with E-state index in [9.17, 15) is 14.7 Å². The third-order valence-electron chi connectivity index (χ3n) is 6.88. The van der Waals surface area contributed by atoms with Gasteiger partial charge in [0.1, 0.15) is 5.75 Å². The molecule has 182 valence electrons. The summed E-state index contributed by atoms with van der Waals surface area (Å²) < 4.78 is 5.73. The highest BCUT2D eigenvalue weighted by molar-refractivity contribution is 5.95. The van der Waals surface area contributed by atoms with Crippen LogP contribution in [0.4, 0.5) is 0 Å². The molecule has 1 atom stereocenters. The van der Waals surface area contributed by atoms with Gasteiger partial charge in [0, 0.05) is 24.6 Å². The Hall–Kier alpha value is -3.60. The third kappa shape index (κ3) is 5.56. The zero-order valence-electron chi connectivity index (χ0n) is 20.9. The second kappa shape index (κ2) is 9.95. The van der Waals surface area contributed by atoms with Crippen molar-refractivity contribution in [3.63, 3.8) is 0 Å². The fourth-order valence-electron chi connectivity index (χ4n) is 4.54. The first-order valence-electron chi connectivity index (χ1n) is 12.1. The number of hydrogen-bond donors (Lipinski definition) is 1. The minimum absolute atomic E-state index is 0.0415. The van der Waals surface area contributed by atoms with Crippen LogP contribution < -0.4 is 4.74 Å². The molecule has 1 amide bonds. The van der Waals surface area contributed by atoms with Crippen molar-refractivity contribution in [2.24, 2.45) is 0 Å². The lowest BCUT2D eigenvalue weighted by Gasteiger charge is -2.33. The van der Waals surface area contributed by atoms with Gasteiger partial charge in [-0.2, -0.15) is 0 Å². The van der Waals surface area contributed by atoms with E-state index in [1.165, 1.54) is 25.0 Å². The van der Waals surface area contributed by atoms with Crippen LogP contribution in [0.25, 0.3) is 11.1 Å². The van der Waals surface area contributed by atoms with Crippen LogP contribution in [-0.2, 0) is 4.79 Å². The number of carbonyl (C=O) groups excluding carboxylic acids is 1. The van der Waals surface area contributed by atoms with E-state index in [0.29, 0.717) is 17.9 Å². The van der Waals surface area contributed by atoms with Gasteiger partial charge in [-0.05, 0) is 92.6 Å². The summed E-state index contributed by atoms with van der Waals surface area (Å²) in [6, 6.07) is 21.8. The van der Waals surface area contributed by atoms with Crippen LogP contribution in [0.5, 0.6) is 5.75 Å². The number of hydrogen-bond acceptors (Lipinski definition) is 3. The number of carbonyl (C=O) groups is 2. The molecule has 3 aromatic rings. The third-order valence-corrected chi connectivity index (χ3v) is 6.88. The summed E-state index contributed by atoms with van der Waals surface area (Å²) in [6.45, 7) is 8.62. The molecule has 0 aromatic heterocycles.